The largest absolute Gasteiger partial charge is 0.416 e. The first-order valence-corrected chi connectivity index (χ1v) is 9.02. The molecule has 0 saturated heterocycles. The second kappa shape index (κ2) is 9.55. The van der Waals surface area contributed by atoms with E-state index in [0.717, 1.165) is 34.3 Å². The van der Waals surface area contributed by atoms with Crippen molar-refractivity contribution in [3.63, 3.8) is 0 Å². The lowest BCUT2D eigenvalue weighted by Gasteiger charge is -2.09. The van der Waals surface area contributed by atoms with Crippen molar-refractivity contribution in [1.29, 1.82) is 0 Å². The zero-order valence-corrected chi connectivity index (χ0v) is 15.9. The van der Waals surface area contributed by atoms with Gasteiger partial charge in [-0.1, -0.05) is 34.1 Å². The molecule has 8 heteroatoms. The summed E-state index contributed by atoms with van der Waals surface area (Å²) in [7, 11) is 0. The highest BCUT2D eigenvalue weighted by Crippen LogP contribution is 2.29. The van der Waals surface area contributed by atoms with E-state index in [2.05, 4.69) is 26.6 Å². The van der Waals surface area contributed by atoms with Crippen LogP contribution in [0, 0.1) is 0 Å². The van der Waals surface area contributed by atoms with Crippen LogP contribution < -0.4 is 10.6 Å². The normalized spacial score (nSPS) is 11.1. The summed E-state index contributed by atoms with van der Waals surface area (Å²) < 4.78 is 38.4. The Morgan fingerprint density at radius 3 is 2.19 bits per heavy atom. The summed E-state index contributed by atoms with van der Waals surface area (Å²) in [5, 5.41) is 5.24. The van der Waals surface area contributed by atoms with Gasteiger partial charge in [0.2, 0.25) is 5.91 Å². The van der Waals surface area contributed by atoms with Crippen LogP contribution in [-0.4, -0.2) is 24.9 Å². The highest BCUT2D eigenvalue weighted by molar-refractivity contribution is 9.10. The number of aryl methyl sites for hydroxylation is 1. The van der Waals surface area contributed by atoms with Crippen LogP contribution in [0.15, 0.2) is 53.0 Å². The van der Waals surface area contributed by atoms with Gasteiger partial charge in [-0.2, -0.15) is 13.2 Å². The highest BCUT2D eigenvalue weighted by Gasteiger charge is 2.30. The van der Waals surface area contributed by atoms with Crippen LogP contribution in [0.2, 0.25) is 0 Å². The molecule has 2 rings (SSSR count). The molecule has 0 bridgehead atoms. The summed E-state index contributed by atoms with van der Waals surface area (Å²) >= 11 is 3.42. The lowest BCUT2D eigenvalue weighted by atomic mass is 10.1. The molecule has 2 N–H and O–H groups in total. The number of rotatable bonds is 7. The maximum atomic E-state index is 12.5. The molecule has 4 nitrogen and oxygen atoms in total. The molecule has 0 saturated carbocycles. The predicted molar refractivity (Wildman–Crippen MR) is 99.2 cm³/mol. The molecule has 0 aliphatic carbocycles. The van der Waals surface area contributed by atoms with E-state index in [4.69, 9.17) is 0 Å². The molecular formula is C19H18BrF3N2O2. The number of alkyl halides is 3. The average molecular weight is 443 g/mol. The summed E-state index contributed by atoms with van der Waals surface area (Å²) in [6.45, 7) is 0.418. The fraction of sp³-hybridized carbons (Fsp3) is 0.263. The smallest absolute Gasteiger partial charge is 0.354 e. The van der Waals surface area contributed by atoms with E-state index in [1.54, 1.807) is 0 Å². The highest BCUT2D eigenvalue weighted by atomic mass is 79.9. The van der Waals surface area contributed by atoms with E-state index < -0.39 is 17.6 Å². The van der Waals surface area contributed by atoms with Gasteiger partial charge in [-0.15, -0.1) is 0 Å². The molecule has 144 valence electrons. The van der Waals surface area contributed by atoms with Gasteiger partial charge >= 0.3 is 6.18 Å². The van der Waals surface area contributed by atoms with Crippen molar-refractivity contribution < 1.29 is 22.8 Å². The van der Waals surface area contributed by atoms with Crippen molar-refractivity contribution in [1.82, 2.24) is 10.6 Å². The second-order valence-electron chi connectivity index (χ2n) is 5.77. The lowest BCUT2D eigenvalue weighted by Crippen LogP contribution is -2.34. The van der Waals surface area contributed by atoms with Crippen LogP contribution in [-0.2, 0) is 17.4 Å². The fourth-order valence-corrected chi connectivity index (χ4v) is 2.81. The molecule has 0 aromatic heterocycles. The Hall–Kier alpha value is -2.35. The third-order valence-electron chi connectivity index (χ3n) is 3.79. The first kappa shape index (κ1) is 21.0. The Kier molecular flexibility index (Phi) is 7.41. The van der Waals surface area contributed by atoms with Crippen LogP contribution >= 0.6 is 15.9 Å². The van der Waals surface area contributed by atoms with Gasteiger partial charge < -0.3 is 10.6 Å². The Morgan fingerprint density at radius 2 is 1.56 bits per heavy atom. The molecule has 2 amide bonds. The second-order valence-corrected chi connectivity index (χ2v) is 6.63. The maximum Gasteiger partial charge on any atom is 0.416 e. The van der Waals surface area contributed by atoms with Crippen LogP contribution in [0.25, 0.3) is 0 Å². The number of halogens is 4. The minimum atomic E-state index is -4.44. The van der Waals surface area contributed by atoms with E-state index in [1.807, 2.05) is 24.3 Å². The Morgan fingerprint density at radius 1 is 0.926 bits per heavy atom. The van der Waals surface area contributed by atoms with Crippen molar-refractivity contribution in [2.45, 2.75) is 19.0 Å². The minimum absolute atomic E-state index is 0.128. The number of hydrogen-bond donors (Lipinski definition) is 2. The van der Waals surface area contributed by atoms with Crippen molar-refractivity contribution in [2.75, 3.05) is 13.1 Å². The third-order valence-corrected chi connectivity index (χ3v) is 4.56. The molecule has 2 aromatic carbocycles. The van der Waals surface area contributed by atoms with Crippen molar-refractivity contribution in [3.05, 3.63) is 69.7 Å². The molecule has 0 spiro atoms. The molecule has 0 unspecified atom stereocenters. The summed E-state index contributed by atoms with van der Waals surface area (Å²) in [5.41, 5.74) is 0.350. The van der Waals surface area contributed by atoms with Gasteiger partial charge in [-0.05, 0) is 42.3 Å². The molecule has 0 aliphatic heterocycles. The molecule has 27 heavy (non-hydrogen) atoms. The fourth-order valence-electron chi connectivity index (χ4n) is 2.33. The third kappa shape index (κ3) is 6.71. The van der Waals surface area contributed by atoms with Gasteiger partial charge in [0.1, 0.15) is 0 Å². The maximum absolute atomic E-state index is 12.5. The van der Waals surface area contributed by atoms with E-state index in [-0.39, 0.29) is 24.6 Å². The van der Waals surface area contributed by atoms with Crippen LogP contribution in [0.5, 0.6) is 0 Å². The standard InChI is InChI=1S/C19H18BrF3N2O2/c20-16-4-2-1-3-13(16)7-10-17(26)24-11-12-25-18(27)14-5-8-15(9-6-14)19(21,22)23/h1-6,8-9H,7,10-12H2,(H,24,26)(H,25,27). The van der Waals surface area contributed by atoms with Gasteiger partial charge in [0.15, 0.2) is 0 Å². The first-order valence-electron chi connectivity index (χ1n) is 8.23. The minimum Gasteiger partial charge on any atom is -0.354 e. The summed E-state index contributed by atoms with van der Waals surface area (Å²) in [6, 6.07) is 11.6. The average Bonchev–Trinajstić information content (AvgIpc) is 2.64. The topological polar surface area (TPSA) is 58.2 Å². The predicted octanol–water partition coefficient (Wildman–Crippen LogP) is 3.95. The molecule has 0 heterocycles. The van der Waals surface area contributed by atoms with Crippen molar-refractivity contribution in [3.8, 4) is 0 Å². The molecule has 0 atom stereocenters. The summed E-state index contributed by atoms with van der Waals surface area (Å²) in [4.78, 5) is 23.7. The van der Waals surface area contributed by atoms with Crippen LogP contribution in [0.3, 0.4) is 0 Å². The summed E-state index contributed by atoms with van der Waals surface area (Å²) in [5.74, 6) is -0.638. The van der Waals surface area contributed by atoms with Gasteiger partial charge in [0.25, 0.3) is 5.91 Å². The number of hydrogen-bond acceptors (Lipinski definition) is 2. The zero-order chi connectivity index (χ0) is 19.9. The van der Waals surface area contributed by atoms with Crippen LogP contribution in [0.1, 0.15) is 27.9 Å². The van der Waals surface area contributed by atoms with E-state index in [0.29, 0.717) is 12.8 Å². The van der Waals surface area contributed by atoms with Crippen molar-refractivity contribution >= 4 is 27.7 Å². The van der Waals surface area contributed by atoms with E-state index in [1.165, 1.54) is 0 Å². The number of amides is 2. The quantitative estimate of drug-likeness (QED) is 0.637. The first-order chi connectivity index (χ1) is 12.8. The van der Waals surface area contributed by atoms with Crippen LogP contribution in [0.4, 0.5) is 13.2 Å². The van der Waals surface area contributed by atoms with Gasteiger partial charge in [-0.3, -0.25) is 9.59 Å². The Labute approximate surface area is 163 Å². The molecule has 0 fully saturated rings. The monoisotopic (exact) mass is 442 g/mol. The molecule has 0 aliphatic rings. The number of benzene rings is 2. The Balaban J connectivity index is 1.69. The Bertz CT molecular complexity index is 792. The summed E-state index contributed by atoms with van der Waals surface area (Å²) in [6.07, 6.45) is -3.53. The van der Waals surface area contributed by atoms with Gasteiger partial charge in [0, 0.05) is 29.5 Å². The SMILES string of the molecule is O=C(CCc1ccccc1Br)NCCNC(=O)c1ccc(C(F)(F)F)cc1. The lowest BCUT2D eigenvalue weighted by molar-refractivity contribution is -0.137. The number of carbonyl (C=O) groups is 2. The number of carbonyl (C=O) groups excluding carboxylic acids is 2. The zero-order valence-electron chi connectivity index (χ0n) is 14.3. The van der Waals surface area contributed by atoms with Gasteiger partial charge in [0.05, 0.1) is 5.56 Å². The van der Waals surface area contributed by atoms with Gasteiger partial charge in [-0.25, -0.2) is 0 Å². The van der Waals surface area contributed by atoms with E-state index >= 15 is 0 Å². The molecule has 2 aromatic rings. The molecular weight excluding hydrogens is 425 g/mol. The van der Waals surface area contributed by atoms with Crippen molar-refractivity contribution in [2.24, 2.45) is 0 Å². The van der Waals surface area contributed by atoms with E-state index in [9.17, 15) is 22.8 Å². The number of nitrogens with one attached hydrogen (secondary N) is 2. The molecule has 0 radical (unpaired) electrons.